The number of nitrogens with zero attached hydrogens (tertiary/aromatic N) is 2. The van der Waals surface area contributed by atoms with Gasteiger partial charge in [0, 0.05) is 25.4 Å². The fourth-order valence-corrected chi connectivity index (χ4v) is 1.91. The summed E-state index contributed by atoms with van der Waals surface area (Å²) in [4.78, 5) is 7.11. The second-order valence-corrected chi connectivity index (χ2v) is 4.91. The highest BCUT2D eigenvalue weighted by atomic mass is 32.1. The van der Waals surface area contributed by atoms with Crippen molar-refractivity contribution in [3.05, 3.63) is 23.4 Å². The first-order valence-electron chi connectivity index (χ1n) is 6.00. The van der Waals surface area contributed by atoms with Crippen LogP contribution in [-0.2, 0) is 4.74 Å². The highest BCUT2D eigenvalue weighted by molar-refractivity contribution is 7.80. The van der Waals surface area contributed by atoms with Gasteiger partial charge in [-0.05, 0) is 32.9 Å². The first-order valence-corrected chi connectivity index (χ1v) is 6.41. The van der Waals surface area contributed by atoms with Crippen molar-refractivity contribution in [2.45, 2.75) is 26.8 Å². The van der Waals surface area contributed by atoms with Gasteiger partial charge in [-0.2, -0.15) is 0 Å². The molecule has 0 unspecified atom stereocenters. The molecule has 0 bridgehead atoms. The molecule has 0 radical (unpaired) electrons. The molecule has 1 aromatic heterocycles. The van der Waals surface area contributed by atoms with Gasteiger partial charge in [0.2, 0.25) is 0 Å². The van der Waals surface area contributed by atoms with E-state index in [-0.39, 0.29) is 0 Å². The van der Waals surface area contributed by atoms with Crippen molar-refractivity contribution in [3.63, 3.8) is 0 Å². The van der Waals surface area contributed by atoms with Crippen LogP contribution in [0.1, 0.15) is 25.1 Å². The van der Waals surface area contributed by atoms with Gasteiger partial charge in [-0.25, -0.2) is 4.98 Å². The van der Waals surface area contributed by atoms with Crippen LogP contribution in [0.5, 0.6) is 0 Å². The van der Waals surface area contributed by atoms with Crippen molar-refractivity contribution >= 4 is 23.0 Å². The van der Waals surface area contributed by atoms with Gasteiger partial charge in [-0.3, -0.25) is 0 Å². The van der Waals surface area contributed by atoms with Crippen LogP contribution in [0.4, 0.5) is 5.82 Å². The fourth-order valence-electron chi connectivity index (χ4n) is 1.75. The summed E-state index contributed by atoms with van der Waals surface area (Å²) in [5, 5.41) is 0. The van der Waals surface area contributed by atoms with Gasteiger partial charge in [0.15, 0.2) is 0 Å². The van der Waals surface area contributed by atoms with E-state index in [1.54, 1.807) is 7.11 Å². The first-order chi connectivity index (χ1) is 8.47. The van der Waals surface area contributed by atoms with Crippen LogP contribution in [0.15, 0.2) is 12.1 Å². The minimum atomic E-state index is 0.308. The Balaban J connectivity index is 3.16. The molecule has 0 saturated heterocycles. The van der Waals surface area contributed by atoms with Crippen molar-refractivity contribution < 1.29 is 4.74 Å². The highest BCUT2D eigenvalue weighted by Crippen LogP contribution is 2.20. The number of nitrogens with two attached hydrogens (primary N) is 1. The number of methoxy groups -OCH3 is 1. The Labute approximate surface area is 114 Å². The second-order valence-electron chi connectivity index (χ2n) is 4.47. The van der Waals surface area contributed by atoms with Crippen LogP contribution in [0, 0.1) is 6.92 Å². The van der Waals surface area contributed by atoms with Crippen LogP contribution < -0.4 is 10.6 Å². The molecule has 0 fully saturated rings. The van der Waals surface area contributed by atoms with Crippen molar-refractivity contribution in [2.75, 3.05) is 25.2 Å². The molecule has 0 amide bonds. The number of thiocarbonyl (C=S) groups is 1. The molecule has 0 spiro atoms. The van der Waals surface area contributed by atoms with Gasteiger partial charge in [0.25, 0.3) is 0 Å². The molecule has 2 N–H and O–H groups in total. The summed E-state index contributed by atoms with van der Waals surface area (Å²) in [7, 11) is 1.69. The van der Waals surface area contributed by atoms with Gasteiger partial charge in [-0.1, -0.05) is 12.2 Å². The van der Waals surface area contributed by atoms with E-state index in [1.807, 2.05) is 19.1 Å². The van der Waals surface area contributed by atoms with Gasteiger partial charge in [0.1, 0.15) is 10.8 Å². The molecule has 0 aromatic carbocycles. The maximum atomic E-state index is 5.76. The number of aryl methyl sites for hydroxylation is 1. The van der Waals surface area contributed by atoms with Crippen LogP contribution in [-0.4, -0.2) is 36.3 Å². The number of anilines is 1. The van der Waals surface area contributed by atoms with Crippen LogP contribution in [0.25, 0.3) is 0 Å². The summed E-state index contributed by atoms with van der Waals surface area (Å²) in [5.74, 6) is 0.842. The summed E-state index contributed by atoms with van der Waals surface area (Å²) in [6, 6.07) is 4.16. The molecular formula is C13H21N3OS. The Hall–Kier alpha value is -1.20. The van der Waals surface area contributed by atoms with Crippen molar-refractivity contribution in [2.24, 2.45) is 5.73 Å². The molecule has 18 heavy (non-hydrogen) atoms. The molecule has 0 atom stereocenters. The summed E-state index contributed by atoms with van der Waals surface area (Å²) >= 11 is 5.09. The average Bonchev–Trinajstić information content (AvgIpc) is 2.28. The molecule has 1 heterocycles. The molecule has 0 aliphatic carbocycles. The number of pyridine rings is 1. The largest absolute Gasteiger partial charge is 0.389 e. The Kier molecular flexibility index (Phi) is 5.50. The molecule has 4 nitrogen and oxygen atoms in total. The quantitative estimate of drug-likeness (QED) is 0.798. The molecule has 1 rings (SSSR count). The third-order valence-electron chi connectivity index (χ3n) is 2.71. The molecule has 0 aliphatic rings. The lowest BCUT2D eigenvalue weighted by Gasteiger charge is -2.29. The summed E-state index contributed by atoms with van der Waals surface area (Å²) in [5.41, 5.74) is 7.54. The first kappa shape index (κ1) is 14.9. The number of hydrogen-bond donors (Lipinski definition) is 1. The number of hydrogen-bond acceptors (Lipinski definition) is 4. The lowest BCUT2D eigenvalue weighted by atomic mass is 10.2. The molecular weight excluding hydrogens is 246 g/mol. The SMILES string of the molecule is COCCN(c1nc(C)ccc1C(N)=S)C(C)C. The standard InChI is InChI=1S/C13H21N3OS/c1-9(2)16(7-8-17-4)13-11(12(14)18)6-5-10(3)15-13/h5-6,9H,7-8H2,1-4H3,(H2,14,18). The maximum Gasteiger partial charge on any atom is 0.139 e. The van der Waals surface area contributed by atoms with Gasteiger partial charge >= 0.3 is 0 Å². The second kappa shape index (κ2) is 6.66. The Bertz CT molecular complexity index is 421. The fraction of sp³-hybridized carbons (Fsp3) is 0.538. The van der Waals surface area contributed by atoms with E-state index >= 15 is 0 Å². The normalized spacial score (nSPS) is 10.7. The summed E-state index contributed by atoms with van der Waals surface area (Å²) in [6.07, 6.45) is 0. The monoisotopic (exact) mass is 267 g/mol. The average molecular weight is 267 g/mol. The third kappa shape index (κ3) is 3.65. The zero-order valence-corrected chi connectivity index (χ0v) is 12.3. The van der Waals surface area contributed by atoms with Gasteiger partial charge in [-0.15, -0.1) is 0 Å². The van der Waals surface area contributed by atoms with E-state index in [2.05, 4.69) is 23.7 Å². The van der Waals surface area contributed by atoms with E-state index < -0.39 is 0 Å². The molecule has 5 heteroatoms. The number of rotatable bonds is 6. The predicted octanol–water partition coefficient (Wildman–Crippen LogP) is 1.89. The zero-order chi connectivity index (χ0) is 13.7. The van der Waals surface area contributed by atoms with E-state index in [9.17, 15) is 0 Å². The molecule has 1 aromatic rings. The van der Waals surface area contributed by atoms with E-state index in [0.29, 0.717) is 17.6 Å². The summed E-state index contributed by atoms with van der Waals surface area (Å²) in [6.45, 7) is 7.60. The number of ether oxygens (including phenoxy) is 1. The van der Waals surface area contributed by atoms with Crippen molar-refractivity contribution in [1.29, 1.82) is 0 Å². The summed E-state index contributed by atoms with van der Waals surface area (Å²) < 4.78 is 5.14. The Morgan fingerprint density at radius 3 is 2.67 bits per heavy atom. The highest BCUT2D eigenvalue weighted by Gasteiger charge is 2.17. The van der Waals surface area contributed by atoms with Crippen LogP contribution >= 0.6 is 12.2 Å². The Morgan fingerprint density at radius 1 is 1.50 bits per heavy atom. The van der Waals surface area contributed by atoms with Crippen LogP contribution in [0.2, 0.25) is 0 Å². The molecule has 0 aliphatic heterocycles. The predicted molar refractivity (Wildman–Crippen MR) is 79.2 cm³/mol. The Morgan fingerprint density at radius 2 is 2.17 bits per heavy atom. The van der Waals surface area contributed by atoms with E-state index in [0.717, 1.165) is 23.6 Å². The van der Waals surface area contributed by atoms with Crippen molar-refractivity contribution in [3.8, 4) is 0 Å². The smallest absolute Gasteiger partial charge is 0.139 e. The van der Waals surface area contributed by atoms with Crippen molar-refractivity contribution in [1.82, 2.24) is 4.98 Å². The van der Waals surface area contributed by atoms with Gasteiger partial charge < -0.3 is 15.4 Å². The van der Waals surface area contributed by atoms with E-state index in [4.69, 9.17) is 22.7 Å². The van der Waals surface area contributed by atoms with Crippen LogP contribution in [0.3, 0.4) is 0 Å². The zero-order valence-electron chi connectivity index (χ0n) is 11.4. The van der Waals surface area contributed by atoms with E-state index in [1.165, 1.54) is 0 Å². The third-order valence-corrected chi connectivity index (χ3v) is 2.93. The lowest BCUT2D eigenvalue weighted by molar-refractivity contribution is 0.203. The number of aromatic nitrogens is 1. The molecule has 100 valence electrons. The topological polar surface area (TPSA) is 51.4 Å². The minimum absolute atomic E-state index is 0.308. The molecule has 0 saturated carbocycles. The minimum Gasteiger partial charge on any atom is -0.389 e. The van der Waals surface area contributed by atoms with Gasteiger partial charge in [0.05, 0.1) is 12.2 Å². The lowest BCUT2D eigenvalue weighted by Crippen LogP contribution is -2.36. The maximum absolute atomic E-state index is 5.76.